The van der Waals surface area contributed by atoms with Gasteiger partial charge in [-0.05, 0) is 13.0 Å². The van der Waals surface area contributed by atoms with Crippen LogP contribution in [0.4, 0.5) is 5.69 Å². The molecule has 6 heteroatoms. The van der Waals surface area contributed by atoms with Gasteiger partial charge in [-0.3, -0.25) is 14.9 Å². The maximum absolute atomic E-state index is 11.8. The van der Waals surface area contributed by atoms with Gasteiger partial charge >= 0.3 is 0 Å². The van der Waals surface area contributed by atoms with E-state index in [1.807, 2.05) is 0 Å². The summed E-state index contributed by atoms with van der Waals surface area (Å²) in [6.07, 6.45) is 0. The lowest BCUT2D eigenvalue weighted by Crippen LogP contribution is -2.01. The number of nitro benzene ring substituents is 1. The van der Waals surface area contributed by atoms with E-state index in [1.165, 1.54) is 12.1 Å². The molecule has 0 aliphatic carbocycles. The number of halogens is 1. The first-order chi connectivity index (χ1) is 8.04. The quantitative estimate of drug-likeness (QED) is 0.409. The number of benzene rings is 1. The summed E-state index contributed by atoms with van der Waals surface area (Å²) >= 11 is 3.11. The molecule has 0 atom stereocenters. The van der Waals surface area contributed by atoms with E-state index >= 15 is 0 Å². The minimum absolute atomic E-state index is 0.0138. The van der Waals surface area contributed by atoms with Gasteiger partial charge in [-0.15, -0.1) is 0 Å². The Bertz CT molecular complexity index is 618. The second kappa shape index (κ2) is 4.29. The Morgan fingerprint density at radius 2 is 2.24 bits per heavy atom. The Balaban J connectivity index is 2.73. The molecule has 0 amide bonds. The van der Waals surface area contributed by atoms with Gasteiger partial charge < -0.3 is 4.98 Å². The van der Waals surface area contributed by atoms with E-state index in [0.717, 1.165) is 11.2 Å². The minimum atomic E-state index is -0.468. The number of carbonyl (C=O) groups excluding carboxylic acids is 1. The molecule has 0 unspecified atom stereocenters. The summed E-state index contributed by atoms with van der Waals surface area (Å²) in [5.74, 6) is -0.0887. The van der Waals surface area contributed by atoms with Crippen LogP contribution in [0.2, 0.25) is 0 Å². The molecule has 0 saturated heterocycles. The highest BCUT2D eigenvalue weighted by atomic mass is 79.9. The number of nitrogens with one attached hydrogen (secondary N) is 1. The molecular formula is C11H9BrN2O3. The number of Topliss-reactive ketones (excluding diaryl/α,β-unsaturated/α-hetero) is 1. The van der Waals surface area contributed by atoms with Crippen LogP contribution in [0.3, 0.4) is 0 Å². The third-order valence-corrected chi connectivity index (χ3v) is 3.09. The van der Waals surface area contributed by atoms with Gasteiger partial charge in [-0.1, -0.05) is 15.9 Å². The first-order valence-electron chi connectivity index (χ1n) is 4.90. The zero-order valence-electron chi connectivity index (χ0n) is 8.99. The largest absolute Gasteiger partial charge is 0.358 e. The fourth-order valence-electron chi connectivity index (χ4n) is 1.85. The first-order valence-corrected chi connectivity index (χ1v) is 6.02. The molecule has 1 aromatic carbocycles. The lowest BCUT2D eigenvalue weighted by atomic mass is 10.1. The number of alkyl halides is 1. The van der Waals surface area contributed by atoms with Crippen LogP contribution in [0.15, 0.2) is 18.2 Å². The Hall–Kier alpha value is -1.69. The van der Waals surface area contributed by atoms with Crippen molar-refractivity contribution in [1.29, 1.82) is 0 Å². The number of H-pyrrole nitrogens is 1. The van der Waals surface area contributed by atoms with Crippen LogP contribution in [0, 0.1) is 17.0 Å². The molecule has 2 aromatic rings. The Morgan fingerprint density at radius 3 is 2.82 bits per heavy atom. The number of nitrogens with zero attached hydrogens (tertiary/aromatic N) is 1. The van der Waals surface area contributed by atoms with Gasteiger partial charge in [-0.2, -0.15) is 0 Å². The molecule has 0 radical (unpaired) electrons. The Labute approximate surface area is 105 Å². The second-order valence-electron chi connectivity index (χ2n) is 3.67. The van der Waals surface area contributed by atoms with E-state index in [-0.39, 0.29) is 16.8 Å². The normalized spacial score (nSPS) is 10.7. The summed E-state index contributed by atoms with van der Waals surface area (Å²) in [7, 11) is 0. The van der Waals surface area contributed by atoms with Crippen molar-refractivity contribution < 1.29 is 9.72 Å². The topological polar surface area (TPSA) is 76.0 Å². The predicted molar refractivity (Wildman–Crippen MR) is 67.8 cm³/mol. The van der Waals surface area contributed by atoms with E-state index < -0.39 is 4.92 Å². The molecule has 0 saturated carbocycles. The van der Waals surface area contributed by atoms with Gasteiger partial charge in [0.1, 0.15) is 0 Å². The van der Waals surface area contributed by atoms with Crippen molar-refractivity contribution in [2.75, 3.05) is 5.33 Å². The SMILES string of the molecule is Cc1[nH]c2ccc([N+](=O)[O-])cc2c1C(=O)CBr. The smallest absolute Gasteiger partial charge is 0.270 e. The molecule has 1 N–H and O–H groups in total. The second-order valence-corrected chi connectivity index (χ2v) is 4.23. The summed E-state index contributed by atoms with van der Waals surface area (Å²) in [6, 6.07) is 4.46. The van der Waals surface area contributed by atoms with E-state index in [2.05, 4.69) is 20.9 Å². The molecule has 0 aliphatic heterocycles. The fraction of sp³-hybridized carbons (Fsp3) is 0.182. The van der Waals surface area contributed by atoms with Crippen molar-refractivity contribution in [3.63, 3.8) is 0 Å². The molecule has 2 rings (SSSR count). The number of hydrogen-bond donors (Lipinski definition) is 1. The van der Waals surface area contributed by atoms with Crippen LogP contribution >= 0.6 is 15.9 Å². The third kappa shape index (κ3) is 1.95. The van der Waals surface area contributed by atoms with Crippen molar-refractivity contribution in [1.82, 2.24) is 4.98 Å². The summed E-state index contributed by atoms with van der Waals surface area (Å²) in [5, 5.41) is 11.5. The molecule has 88 valence electrons. The van der Waals surface area contributed by atoms with Crippen LogP contribution in [0.25, 0.3) is 10.9 Å². The molecule has 1 aromatic heterocycles. The van der Waals surface area contributed by atoms with Gasteiger partial charge in [-0.25, -0.2) is 0 Å². The number of rotatable bonds is 3. The van der Waals surface area contributed by atoms with Gasteiger partial charge in [0, 0.05) is 34.3 Å². The number of non-ortho nitro benzene ring substituents is 1. The number of aromatic amines is 1. The van der Waals surface area contributed by atoms with Crippen molar-refractivity contribution in [3.8, 4) is 0 Å². The summed E-state index contributed by atoms with van der Waals surface area (Å²) in [5.41, 5.74) is 1.96. The van der Waals surface area contributed by atoms with Crippen LogP contribution in [-0.4, -0.2) is 21.0 Å². The van der Waals surface area contributed by atoms with Crippen LogP contribution in [0.1, 0.15) is 16.1 Å². The molecule has 0 aliphatic rings. The van der Waals surface area contributed by atoms with Gasteiger partial charge in [0.2, 0.25) is 0 Å². The summed E-state index contributed by atoms with van der Waals surface area (Å²) < 4.78 is 0. The van der Waals surface area contributed by atoms with E-state index in [4.69, 9.17) is 0 Å². The highest BCUT2D eigenvalue weighted by Gasteiger charge is 2.17. The van der Waals surface area contributed by atoms with E-state index in [0.29, 0.717) is 10.9 Å². The maximum Gasteiger partial charge on any atom is 0.270 e. The third-order valence-electron chi connectivity index (χ3n) is 2.58. The van der Waals surface area contributed by atoms with Gasteiger partial charge in [0.05, 0.1) is 10.3 Å². The number of aryl methyl sites for hydroxylation is 1. The number of fused-ring (bicyclic) bond motifs is 1. The number of nitro groups is 1. The lowest BCUT2D eigenvalue weighted by molar-refractivity contribution is -0.384. The highest BCUT2D eigenvalue weighted by molar-refractivity contribution is 9.09. The molecule has 0 spiro atoms. The number of ketones is 1. The van der Waals surface area contributed by atoms with Gasteiger partial charge in [0.15, 0.2) is 5.78 Å². The van der Waals surface area contributed by atoms with Crippen LogP contribution in [0.5, 0.6) is 0 Å². The van der Waals surface area contributed by atoms with Crippen molar-refractivity contribution >= 4 is 38.3 Å². The average molecular weight is 297 g/mol. The molecule has 0 fully saturated rings. The summed E-state index contributed by atoms with van der Waals surface area (Å²) in [4.78, 5) is 25.0. The zero-order valence-corrected chi connectivity index (χ0v) is 10.6. The van der Waals surface area contributed by atoms with Crippen LogP contribution < -0.4 is 0 Å². The number of aromatic nitrogens is 1. The molecule has 1 heterocycles. The average Bonchev–Trinajstić information content (AvgIpc) is 2.62. The maximum atomic E-state index is 11.8. The zero-order chi connectivity index (χ0) is 12.6. The Kier molecular flexibility index (Phi) is 2.97. The molecule has 0 bridgehead atoms. The van der Waals surface area contributed by atoms with E-state index in [9.17, 15) is 14.9 Å². The monoisotopic (exact) mass is 296 g/mol. The number of carbonyl (C=O) groups is 1. The molecule has 17 heavy (non-hydrogen) atoms. The van der Waals surface area contributed by atoms with Crippen molar-refractivity contribution in [2.45, 2.75) is 6.92 Å². The first kappa shape index (κ1) is 11.8. The summed E-state index contributed by atoms with van der Waals surface area (Å²) in [6.45, 7) is 1.78. The minimum Gasteiger partial charge on any atom is -0.358 e. The van der Waals surface area contributed by atoms with Crippen molar-refractivity contribution in [3.05, 3.63) is 39.6 Å². The predicted octanol–water partition coefficient (Wildman–Crippen LogP) is 2.96. The Morgan fingerprint density at radius 1 is 1.53 bits per heavy atom. The van der Waals surface area contributed by atoms with E-state index in [1.54, 1.807) is 13.0 Å². The van der Waals surface area contributed by atoms with Crippen molar-refractivity contribution in [2.24, 2.45) is 0 Å². The van der Waals surface area contributed by atoms with Crippen LogP contribution in [-0.2, 0) is 0 Å². The molecule has 5 nitrogen and oxygen atoms in total. The highest BCUT2D eigenvalue weighted by Crippen LogP contribution is 2.26. The fourth-order valence-corrected chi connectivity index (χ4v) is 2.13. The van der Waals surface area contributed by atoms with Gasteiger partial charge in [0.25, 0.3) is 5.69 Å². The molecular weight excluding hydrogens is 288 g/mol. The lowest BCUT2D eigenvalue weighted by Gasteiger charge is -1.97. The number of hydrogen-bond acceptors (Lipinski definition) is 3. The standard InChI is InChI=1S/C11H9BrN2O3/c1-6-11(10(15)5-12)8-4-7(14(16)17)2-3-9(8)13-6/h2-4,13H,5H2,1H3.